The Morgan fingerprint density at radius 2 is 2.29 bits per heavy atom. The van der Waals surface area contributed by atoms with E-state index >= 15 is 0 Å². The Labute approximate surface area is 100 Å². The van der Waals surface area contributed by atoms with Gasteiger partial charge in [0.15, 0.2) is 11.5 Å². The molecule has 0 aliphatic heterocycles. The zero-order chi connectivity index (χ0) is 12.5. The number of aliphatic hydroxyl groups excluding tert-OH is 1. The molecule has 0 saturated heterocycles. The van der Waals surface area contributed by atoms with Crippen molar-refractivity contribution in [1.82, 2.24) is 0 Å². The van der Waals surface area contributed by atoms with E-state index in [0.29, 0.717) is 25.0 Å². The summed E-state index contributed by atoms with van der Waals surface area (Å²) in [6, 6.07) is 5.69. The van der Waals surface area contributed by atoms with Gasteiger partial charge in [-0.1, -0.05) is 0 Å². The minimum atomic E-state index is -0.540. The summed E-state index contributed by atoms with van der Waals surface area (Å²) in [5.74, 6) is 0.507. The van der Waals surface area contributed by atoms with Crippen LogP contribution >= 0.6 is 0 Å². The summed E-state index contributed by atoms with van der Waals surface area (Å²) in [6.07, 6.45) is 1.88. The molecule has 1 aromatic carbocycles. The number of nitrogens with zero attached hydrogens (tertiary/aromatic N) is 1. The van der Waals surface area contributed by atoms with Crippen LogP contribution in [-0.4, -0.2) is 23.9 Å². The molecule has 0 heterocycles. The number of aliphatic hydroxyl groups is 1. The summed E-state index contributed by atoms with van der Waals surface area (Å²) in [5.41, 5.74) is 1.37. The summed E-state index contributed by atoms with van der Waals surface area (Å²) in [7, 11) is 1.50. The van der Waals surface area contributed by atoms with Crippen molar-refractivity contribution >= 4 is 0 Å². The van der Waals surface area contributed by atoms with Gasteiger partial charge in [-0.25, -0.2) is 0 Å². The Kier molecular flexibility index (Phi) is 2.95. The maximum atomic E-state index is 9.72. The van der Waals surface area contributed by atoms with E-state index in [9.17, 15) is 10.4 Å². The van der Waals surface area contributed by atoms with Crippen molar-refractivity contribution in [3.05, 3.63) is 23.3 Å². The number of benzene rings is 1. The van der Waals surface area contributed by atoms with Crippen LogP contribution in [0.3, 0.4) is 0 Å². The average Bonchev–Trinajstić information content (AvgIpc) is 2.33. The largest absolute Gasteiger partial charge is 0.504 e. The minimum Gasteiger partial charge on any atom is -0.504 e. The number of aromatic hydroxyl groups is 1. The smallest absolute Gasteiger partial charge is 0.160 e. The molecule has 2 rings (SSSR count). The van der Waals surface area contributed by atoms with Gasteiger partial charge >= 0.3 is 0 Å². The Morgan fingerprint density at radius 1 is 1.53 bits per heavy atom. The topological polar surface area (TPSA) is 73.5 Å². The average molecular weight is 233 g/mol. The van der Waals surface area contributed by atoms with Gasteiger partial charge in [-0.15, -0.1) is 0 Å². The SMILES string of the molecule is COc1cc2c(cc1O)C(C#N)(CCCO)C2. The summed E-state index contributed by atoms with van der Waals surface area (Å²) in [5, 5.41) is 27.9. The van der Waals surface area contributed by atoms with Crippen LogP contribution in [-0.2, 0) is 11.8 Å². The molecule has 1 atom stereocenters. The van der Waals surface area contributed by atoms with Gasteiger partial charge in [-0.2, -0.15) is 5.26 Å². The molecule has 4 heteroatoms. The zero-order valence-corrected chi connectivity index (χ0v) is 9.73. The van der Waals surface area contributed by atoms with Crippen LogP contribution in [0.1, 0.15) is 24.0 Å². The number of phenolic OH excluding ortho intramolecular Hbond substituents is 1. The van der Waals surface area contributed by atoms with E-state index in [4.69, 9.17) is 9.84 Å². The number of ether oxygens (including phenoxy) is 1. The van der Waals surface area contributed by atoms with Crippen molar-refractivity contribution in [2.24, 2.45) is 0 Å². The van der Waals surface area contributed by atoms with Gasteiger partial charge in [0, 0.05) is 6.61 Å². The molecular formula is C13H15NO3. The summed E-state index contributed by atoms with van der Waals surface area (Å²) in [6.45, 7) is 0.0842. The zero-order valence-electron chi connectivity index (χ0n) is 9.73. The molecule has 1 aliphatic carbocycles. The van der Waals surface area contributed by atoms with E-state index in [-0.39, 0.29) is 12.4 Å². The Balaban J connectivity index is 2.34. The summed E-state index contributed by atoms with van der Waals surface area (Å²) in [4.78, 5) is 0. The highest BCUT2D eigenvalue weighted by Crippen LogP contribution is 2.48. The molecule has 1 aromatic rings. The first kappa shape index (κ1) is 11.7. The van der Waals surface area contributed by atoms with E-state index < -0.39 is 5.41 Å². The van der Waals surface area contributed by atoms with Gasteiger partial charge in [0.1, 0.15) is 0 Å². The normalized spacial score (nSPS) is 21.2. The third kappa shape index (κ3) is 1.73. The van der Waals surface area contributed by atoms with Crippen LogP contribution in [0.5, 0.6) is 11.5 Å². The van der Waals surface area contributed by atoms with E-state index in [0.717, 1.165) is 11.1 Å². The molecule has 17 heavy (non-hydrogen) atoms. The van der Waals surface area contributed by atoms with Crippen LogP contribution < -0.4 is 4.74 Å². The molecule has 0 aromatic heterocycles. The van der Waals surface area contributed by atoms with Gasteiger partial charge in [0.05, 0.1) is 18.6 Å². The molecule has 0 fully saturated rings. The fraction of sp³-hybridized carbons (Fsp3) is 0.462. The maximum absolute atomic E-state index is 9.72. The predicted molar refractivity (Wildman–Crippen MR) is 62.0 cm³/mol. The highest BCUT2D eigenvalue weighted by atomic mass is 16.5. The first-order valence-corrected chi connectivity index (χ1v) is 5.59. The second-order valence-electron chi connectivity index (χ2n) is 4.38. The van der Waals surface area contributed by atoms with E-state index in [1.165, 1.54) is 7.11 Å². The van der Waals surface area contributed by atoms with Gasteiger partial charge in [-0.3, -0.25) is 0 Å². The van der Waals surface area contributed by atoms with E-state index in [1.54, 1.807) is 12.1 Å². The van der Waals surface area contributed by atoms with Crippen molar-refractivity contribution in [2.75, 3.05) is 13.7 Å². The quantitative estimate of drug-likeness (QED) is 0.826. The van der Waals surface area contributed by atoms with Crippen LogP contribution in [0.4, 0.5) is 0 Å². The molecule has 2 N–H and O–H groups in total. The highest BCUT2D eigenvalue weighted by Gasteiger charge is 2.43. The highest BCUT2D eigenvalue weighted by molar-refractivity contribution is 5.57. The molecule has 1 unspecified atom stereocenters. The van der Waals surface area contributed by atoms with Crippen molar-refractivity contribution in [3.8, 4) is 17.6 Å². The van der Waals surface area contributed by atoms with Crippen molar-refractivity contribution in [1.29, 1.82) is 5.26 Å². The molecule has 0 radical (unpaired) electrons. The Bertz CT molecular complexity index is 478. The number of methoxy groups -OCH3 is 1. The number of hydrogen-bond donors (Lipinski definition) is 2. The molecule has 0 saturated carbocycles. The summed E-state index contributed by atoms with van der Waals surface area (Å²) >= 11 is 0. The number of hydrogen-bond acceptors (Lipinski definition) is 4. The van der Waals surface area contributed by atoms with Gasteiger partial charge in [-0.05, 0) is 42.5 Å². The lowest BCUT2D eigenvalue weighted by Gasteiger charge is -2.38. The van der Waals surface area contributed by atoms with Gasteiger partial charge < -0.3 is 14.9 Å². The fourth-order valence-electron chi connectivity index (χ4n) is 2.44. The standard InChI is InChI=1S/C13H15NO3/c1-17-12-5-9-7-13(8-14,3-2-4-15)10(9)6-11(12)16/h5-6,15-16H,2-4,7H2,1H3. The fourth-order valence-corrected chi connectivity index (χ4v) is 2.44. The lowest BCUT2D eigenvalue weighted by molar-refractivity contribution is 0.265. The molecule has 0 spiro atoms. The lowest BCUT2D eigenvalue weighted by Crippen LogP contribution is -2.37. The van der Waals surface area contributed by atoms with Crippen LogP contribution in [0, 0.1) is 11.3 Å². The summed E-state index contributed by atoms with van der Waals surface area (Å²) < 4.78 is 5.02. The van der Waals surface area contributed by atoms with Crippen LogP contribution in [0.2, 0.25) is 0 Å². The molecule has 90 valence electrons. The number of nitriles is 1. The second-order valence-corrected chi connectivity index (χ2v) is 4.38. The molecular weight excluding hydrogens is 218 g/mol. The number of rotatable bonds is 4. The maximum Gasteiger partial charge on any atom is 0.160 e. The van der Waals surface area contributed by atoms with Gasteiger partial charge in [0.2, 0.25) is 0 Å². The van der Waals surface area contributed by atoms with E-state index in [2.05, 4.69) is 6.07 Å². The molecule has 0 bridgehead atoms. The molecule has 1 aliphatic rings. The number of fused-ring (bicyclic) bond motifs is 1. The van der Waals surface area contributed by atoms with Gasteiger partial charge in [0.25, 0.3) is 0 Å². The predicted octanol–water partition coefficient (Wildman–Crippen LogP) is 1.49. The monoisotopic (exact) mass is 233 g/mol. The number of phenols is 1. The third-order valence-corrected chi connectivity index (χ3v) is 3.39. The first-order valence-electron chi connectivity index (χ1n) is 5.59. The van der Waals surface area contributed by atoms with Crippen LogP contribution in [0.25, 0.3) is 0 Å². The van der Waals surface area contributed by atoms with Crippen molar-refractivity contribution in [3.63, 3.8) is 0 Å². The second kappa shape index (κ2) is 4.27. The first-order chi connectivity index (χ1) is 8.16. The molecule has 0 amide bonds. The third-order valence-electron chi connectivity index (χ3n) is 3.39. The lowest BCUT2D eigenvalue weighted by atomic mass is 9.62. The minimum absolute atomic E-state index is 0.0644. The molecule has 4 nitrogen and oxygen atoms in total. The van der Waals surface area contributed by atoms with Crippen LogP contribution in [0.15, 0.2) is 12.1 Å². The van der Waals surface area contributed by atoms with E-state index in [1.807, 2.05) is 0 Å². The van der Waals surface area contributed by atoms with Crippen molar-refractivity contribution < 1.29 is 14.9 Å². The van der Waals surface area contributed by atoms with Crippen molar-refractivity contribution in [2.45, 2.75) is 24.7 Å². The Hall–Kier alpha value is -1.73. The Morgan fingerprint density at radius 3 is 2.88 bits per heavy atom.